The maximum Gasteiger partial charge on any atom is 0.243 e. The number of benzene rings is 2. The molecule has 2 aromatic rings. The van der Waals surface area contributed by atoms with Gasteiger partial charge in [-0.3, -0.25) is 9.59 Å². The minimum atomic E-state index is -0.458. The van der Waals surface area contributed by atoms with Gasteiger partial charge in [-0.15, -0.1) is 0 Å². The SMILES string of the molecule is CCC(C)NC(=O)C(CC)N(CCc1ccccc1)C(=O)CCCOc1ccccc1. The summed E-state index contributed by atoms with van der Waals surface area (Å²) in [6.45, 7) is 6.98. The summed E-state index contributed by atoms with van der Waals surface area (Å²) in [4.78, 5) is 27.8. The summed E-state index contributed by atoms with van der Waals surface area (Å²) in [5.74, 6) is 0.729. The Morgan fingerprint density at radius 2 is 1.61 bits per heavy atom. The third-order valence-corrected chi connectivity index (χ3v) is 5.42. The van der Waals surface area contributed by atoms with Crippen LogP contribution in [-0.2, 0) is 16.0 Å². The standard InChI is InChI=1S/C26H36N2O3/c1-4-21(3)27-26(30)24(5-2)28(19-18-22-13-8-6-9-14-22)25(29)17-12-20-31-23-15-10-7-11-16-23/h6-11,13-16,21,24H,4-5,12,17-20H2,1-3H3,(H,27,30). The molecule has 0 spiro atoms. The fraction of sp³-hybridized carbons (Fsp3) is 0.462. The highest BCUT2D eigenvalue weighted by atomic mass is 16.5. The summed E-state index contributed by atoms with van der Waals surface area (Å²) in [7, 11) is 0. The summed E-state index contributed by atoms with van der Waals surface area (Å²) >= 11 is 0. The molecule has 2 amide bonds. The summed E-state index contributed by atoms with van der Waals surface area (Å²) in [6.07, 6.45) is 3.13. The van der Waals surface area contributed by atoms with Gasteiger partial charge in [-0.25, -0.2) is 0 Å². The fourth-order valence-corrected chi connectivity index (χ4v) is 3.41. The number of carbonyl (C=O) groups is 2. The van der Waals surface area contributed by atoms with Gasteiger partial charge < -0.3 is 15.0 Å². The lowest BCUT2D eigenvalue weighted by Gasteiger charge is -2.31. The largest absolute Gasteiger partial charge is 0.494 e. The lowest BCUT2D eigenvalue weighted by molar-refractivity contribution is -0.141. The van der Waals surface area contributed by atoms with Crippen molar-refractivity contribution in [2.24, 2.45) is 0 Å². The maximum atomic E-state index is 13.1. The van der Waals surface area contributed by atoms with Crippen molar-refractivity contribution in [2.75, 3.05) is 13.2 Å². The molecule has 168 valence electrons. The van der Waals surface area contributed by atoms with E-state index in [2.05, 4.69) is 17.4 Å². The molecule has 0 aliphatic carbocycles. The predicted molar refractivity (Wildman–Crippen MR) is 125 cm³/mol. The highest BCUT2D eigenvalue weighted by Crippen LogP contribution is 2.13. The minimum Gasteiger partial charge on any atom is -0.494 e. The Kier molecular flexibility index (Phi) is 10.6. The van der Waals surface area contributed by atoms with Crippen LogP contribution in [0.15, 0.2) is 60.7 Å². The first-order chi connectivity index (χ1) is 15.0. The summed E-state index contributed by atoms with van der Waals surface area (Å²) in [6, 6.07) is 19.3. The second kappa shape index (κ2) is 13.5. The van der Waals surface area contributed by atoms with E-state index in [1.165, 1.54) is 0 Å². The number of para-hydroxylation sites is 1. The number of hydrogen-bond acceptors (Lipinski definition) is 3. The van der Waals surface area contributed by atoms with Crippen LogP contribution < -0.4 is 10.1 Å². The highest BCUT2D eigenvalue weighted by molar-refractivity contribution is 5.87. The average Bonchev–Trinajstić information content (AvgIpc) is 2.80. The molecule has 0 saturated carbocycles. The molecule has 0 radical (unpaired) electrons. The third kappa shape index (κ3) is 8.44. The molecule has 0 bridgehead atoms. The van der Waals surface area contributed by atoms with Crippen LogP contribution in [0.3, 0.4) is 0 Å². The van der Waals surface area contributed by atoms with E-state index in [1.807, 2.05) is 69.3 Å². The van der Waals surface area contributed by atoms with Gasteiger partial charge in [0.05, 0.1) is 6.61 Å². The maximum absolute atomic E-state index is 13.1. The number of carbonyl (C=O) groups excluding carboxylic acids is 2. The number of nitrogens with one attached hydrogen (secondary N) is 1. The van der Waals surface area contributed by atoms with Crippen LogP contribution in [-0.4, -0.2) is 41.9 Å². The first-order valence-corrected chi connectivity index (χ1v) is 11.4. The van der Waals surface area contributed by atoms with Gasteiger partial charge in [-0.2, -0.15) is 0 Å². The van der Waals surface area contributed by atoms with Gasteiger partial charge in [0.1, 0.15) is 11.8 Å². The quantitative estimate of drug-likeness (QED) is 0.478. The van der Waals surface area contributed by atoms with Gasteiger partial charge >= 0.3 is 0 Å². The Bertz CT molecular complexity index is 780. The van der Waals surface area contributed by atoms with Crippen LogP contribution in [0, 0.1) is 0 Å². The van der Waals surface area contributed by atoms with Gasteiger partial charge in [0.2, 0.25) is 11.8 Å². The van der Waals surface area contributed by atoms with Gasteiger partial charge in [0.25, 0.3) is 0 Å². The van der Waals surface area contributed by atoms with Gasteiger partial charge in [0.15, 0.2) is 0 Å². The Labute approximate surface area is 186 Å². The molecular weight excluding hydrogens is 388 g/mol. The van der Waals surface area contributed by atoms with Crippen molar-refractivity contribution in [3.05, 3.63) is 66.2 Å². The van der Waals surface area contributed by atoms with E-state index in [-0.39, 0.29) is 17.9 Å². The second-order valence-electron chi connectivity index (χ2n) is 7.83. The van der Waals surface area contributed by atoms with Crippen LogP contribution in [0.4, 0.5) is 0 Å². The zero-order valence-electron chi connectivity index (χ0n) is 19.0. The molecule has 0 fully saturated rings. The molecule has 5 nitrogen and oxygen atoms in total. The molecule has 0 aliphatic heterocycles. The first-order valence-electron chi connectivity index (χ1n) is 11.4. The monoisotopic (exact) mass is 424 g/mol. The Morgan fingerprint density at radius 1 is 0.968 bits per heavy atom. The number of rotatable bonds is 13. The topological polar surface area (TPSA) is 58.6 Å². The Hall–Kier alpha value is -2.82. The smallest absolute Gasteiger partial charge is 0.243 e. The second-order valence-corrected chi connectivity index (χ2v) is 7.83. The molecular formula is C26H36N2O3. The zero-order chi connectivity index (χ0) is 22.5. The molecule has 0 aliphatic rings. The van der Waals surface area contributed by atoms with E-state index < -0.39 is 6.04 Å². The Morgan fingerprint density at radius 3 is 2.23 bits per heavy atom. The third-order valence-electron chi connectivity index (χ3n) is 5.42. The summed E-state index contributed by atoms with van der Waals surface area (Å²) in [5.41, 5.74) is 1.16. The van der Waals surface area contributed by atoms with Crippen molar-refractivity contribution >= 4 is 11.8 Å². The molecule has 5 heteroatoms. The van der Waals surface area contributed by atoms with Gasteiger partial charge in [0, 0.05) is 19.0 Å². The summed E-state index contributed by atoms with van der Waals surface area (Å²) in [5, 5.41) is 3.05. The van der Waals surface area contributed by atoms with Crippen molar-refractivity contribution in [2.45, 2.75) is 65.0 Å². The van der Waals surface area contributed by atoms with E-state index in [1.54, 1.807) is 4.90 Å². The van der Waals surface area contributed by atoms with Crippen LogP contribution in [0.25, 0.3) is 0 Å². The molecule has 2 aromatic carbocycles. The molecule has 0 saturated heterocycles. The molecule has 0 heterocycles. The lowest BCUT2D eigenvalue weighted by Crippen LogP contribution is -2.51. The van der Waals surface area contributed by atoms with Crippen molar-refractivity contribution in [1.82, 2.24) is 10.2 Å². The number of nitrogens with zero attached hydrogens (tertiary/aromatic N) is 1. The van der Waals surface area contributed by atoms with Crippen molar-refractivity contribution in [1.29, 1.82) is 0 Å². The van der Waals surface area contributed by atoms with E-state index >= 15 is 0 Å². The first kappa shape index (κ1) is 24.4. The molecule has 1 N–H and O–H groups in total. The molecule has 2 unspecified atom stereocenters. The number of hydrogen-bond donors (Lipinski definition) is 1. The van der Waals surface area contributed by atoms with E-state index in [0.29, 0.717) is 32.4 Å². The van der Waals surface area contributed by atoms with E-state index in [0.717, 1.165) is 24.2 Å². The van der Waals surface area contributed by atoms with Crippen molar-refractivity contribution < 1.29 is 14.3 Å². The predicted octanol–water partition coefficient (Wildman–Crippen LogP) is 4.61. The van der Waals surface area contributed by atoms with Crippen molar-refractivity contribution in [3.63, 3.8) is 0 Å². The fourth-order valence-electron chi connectivity index (χ4n) is 3.41. The number of ether oxygens (including phenoxy) is 1. The lowest BCUT2D eigenvalue weighted by atomic mass is 10.1. The van der Waals surface area contributed by atoms with E-state index in [4.69, 9.17) is 4.74 Å². The van der Waals surface area contributed by atoms with Gasteiger partial charge in [-0.05, 0) is 50.3 Å². The normalized spacial score (nSPS) is 12.6. The molecule has 31 heavy (non-hydrogen) atoms. The average molecular weight is 425 g/mol. The zero-order valence-corrected chi connectivity index (χ0v) is 19.0. The molecule has 2 atom stereocenters. The van der Waals surface area contributed by atoms with Crippen LogP contribution in [0.5, 0.6) is 5.75 Å². The number of amides is 2. The van der Waals surface area contributed by atoms with Gasteiger partial charge in [-0.1, -0.05) is 62.4 Å². The van der Waals surface area contributed by atoms with Crippen LogP contribution in [0.1, 0.15) is 52.0 Å². The van der Waals surface area contributed by atoms with E-state index in [9.17, 15) is 9.59 Å². The van der Waals surface area contributed by atoms with Crippen molar-refractivity contribution in [3.8, 4) is 5.75 Å². The molecule has 2 rings (SSSR count). The van der Waals surface area contributed by atoms with Crippen LogP contribution in [0.2, 0.25) is 0 Å². The minimum absolute atomic E-state index is 0.00116. The van der Waals surface area contributed by atoms with Crippen LogP contribution >= 0.6 is 0 Å². The molecule has 0 aromatic heterocycles. The highest BCUT2D eigenvalue weighted by Gasteiger charge is 2.28. The summed E-state index contributed by atoms with van der Waals surface area (Å²) < 4.78 is 5.72. The Balaban J connectivity index is 2.00.